The summed E-state index contributed by atoms with van der Waals surface area (Å²) >= 11 is 0. The van der Waals surface area contributed by atoms with Crippen molar-refractivity contribution in [1.82, 2.24) is 10.3 Å². The van der Waals surface area contributed by atoms with Crippen molar-refractivity contribution >= 4 is 17.6 Å². The third kappa shape index (κ3) is 6.00. The molecule has 0 aliphatic rings. The minimum Gasteiger partial charge on any atom is -0.493 e. The number of aliphatic imine (C=N–C) groups is 1. The zero-order chi connectivity index (χ0) is 23.8. The number of carbonyl (C=O) groups is 1. The molecule has 2 aromatic carbocycles. The Balaban J connectivity index is 1.91. The second kappa shape index (κ2) is 11.0. The number of amides is 1. The molecule has 8 heteroatoms. The number of guanidine groups is 1. The zero-order valence-electron chi connectivity index (χ0n) is 19.4. The van der Waals surface area contributed by atoms with Crippen LogP contribution in [0.1, 0.15) is 27.0 Å². The highest BCUT2D eigenvalue weighted by Crippen LogP contribution is 2.39. The fourth-order valence-electron chi connectivity index (χ4n) is 3.12. The van der Waals surface area contributed by atoms with Crippen LogP contribution in [0.15, 0.2) is 59.9 Å². The highest BCUT2D eigenvalue weighted by Gasteiger charge is 2.16. The maximum Gasteiger partial charge on any atom is 0.257 e. The molecule has 1 aromatic heterocycles. The SMILES string of the molecule is COc1cc(NC(=NCc2ccncc2)NC(=O)c2ccc(C)c(C)c2)cc(OC)c1OC. The molecule has 1 heterocycles. The van der Waals surface area contributed by atoms with Crippen LogP contribution in [0.3, 0.4) is 0 Å². The average molecular weight is 449 g/mol. The van der Waals surface area contributed by atoms with E-state index in [2.05, 4.69) is 20.6 Å². The standard InChI is InChI=1S/C25H28N4O4/c1-16-6-7-19(12-17(16)2)24(30)29-25(27-15-18-8-10-26-11-9-18)28-20-13-21(31-3)23(33-5)22(14-20)32-4/h6-14H,15H2,1-5H3,(H2,27,28,29,30). The topological polar surface area (TPSA) is 94.1 Å². The van der Waals surface area contributed by atoms with Crippen LogP contribution in [0.5, 0.6) is 17.2 Å². The van der Waals surface area contributed by atoms with E-state index in [1.165, 1.54) is 0 Å². The predicted molar refractivity (Wildman–Crippen MR) is 128 cm³/mol. The second-order valence-corrected chi connectivity index (χ2v) is 7.31. The minimum absolute atomic E-state index is 0.272. The first-order valence-corrected chi connectivity index (χ1v) is 10.3. The molecule has 0 atom stereocenters. The molecule has 0 aliphatic heterocycles. The summed E-state index contributed by atoms with van der Waals surface area (Å²) in [6.45, 7) is 4.33. The van der Waals surface area contributed by atoms with Gasteiger partial charge >= 0.3 is 0 Å². The second-order valence-electron chi connectivity index (χ2n) is 7.31. The third-order valence-electron chi connectivity index (χ3n) is 5.10. The molecule has 0 radical (unpaired) electrons. The van der Waals surface area contributed by atoms with Crippen LogP contribution in [-0.2, 0) is 6.54 Å². The van der Waals surface area contributed by atoms with E-state index >= 15 is 0 Å². The fourth-order valence-corrected chi connectivity index (χ4v) is 3.12. The van der Waals surface area contributed by atoms with Gasteiger partial charge in [0.2, 0.25) is 11.7 Å². The van der Waals surface area contributed by atoms with Gasteiger partial charge in [0.05, 0.1) is 27.9 Å². The molecule has 8 nitrogen and oxygen atoms in total. The Labute approximate surface area is 193 Å². The van der Waals surface area contributed by atoms with Gasteiger partial charge < -0.3 is 19.5 Å². The van der Waals surface area contributed by atoms with Crippen LogP contribution in [-0.4, -0.2) is 38.2 Å². The molecule has 3 aromatic rings. The van der Waals surface area contributed by atoms with E-state index in [0.717, 1.165) is 16.7 Å². The molecule has 33 heavy (non-hydrogen) atoms. The molecule has 1 amide bonds. The summed E-state index contributed by atoms with van der Waals surface area (Å²) in [5.41, 5.74) is 4.26. The molecular weight excluding hydrogens is 420 g/mol. The van der Waals surface area contributed by atoms with E-state index in [1.807, 2.05) is 38.1 Å². The lowest BCUT2D eigenvalue weighted by Gasteiger charge is -2.16. The normalized spacial score (nSPS) is 11.0. The number of methoxy groups -OCH3 is 3. The summed E-state index contributed by atoms with van der Waals surface area (Å²) < 4.78 is 16.2. The number of hydrogen-bond donors (Lipinski definition) is 2. The van der Waals surface area contributed by atoms with Gasteiger partial charge in [-0.2, -0.15) is 0 Å². The summed E-state index contributed by atoms with van der Waals surface area (Å²) in [7, 11) is 4.63. The molecule has 0 aliphatic carbocycles. The summed E-state index contributed by atoms with van der Waals surface area (Å²) in [5, 5.41) is 6.04. The summed E-state index contributed by atoms with van der Waals surface area (Å²) in [4.78, 5) is 21.6. The first-order valence-electron chi connectivity index (χ1n) is 10.3. The van der Waals surface area contributed by atoms with Crippen LogP contribution in [0, 0.1) is 13.8 Å². The van der Waals surface area contributed by atoms with E-state index in [4.69, 9.17) is 14.2 Å². The van der Waals surface area contributed by atoms with E-state index in [0.29, 0.717) is 35.0 Å². The van der Waals surface area contributed by atoms with E-state index in [9.17, 15) is 4.79 Å². The third-order valence-corrected chi connectivity index (χ3v) is 5.10. The van der Waals surface area contributed by atoms with Gasteiger partial charge in [-0.05, 0) is 54.8 Å². The van der Waals surface area contributed by atoms with Gasteiger partial charge in [0.25, 0.3) is 5.91 Å². The Bertz CT molecular complexity index is 1120. The number of benzene rings is 2. The number of aromatic nitrogens is 1. The number of hydrogen-bond acceptors (Lipinski definition) is 6. The molecular formula is C25H28N4O4. The van der Waals surface area contributed by atoms with Crippen molar-refractivity contribution in [2.24, 2.45) is 4.99 Å². The van der Waals surface area contributed by atoms with Crippen LogP contribution >= 0.6 is 0 Å². The fraction of sp³-hybridized carbons (Fsp3) is 0.240. The van der Waals surface area contributed by atoms with Crippen LogP contribution < -0.4 is 24.8 Å². The molecule has 2 N–H and O–H groups in total. The molecule has 0 fully saturated rings. The molecule has 3 rings (SSSR count). The number of anilines is 1. The molecule has 0 saturated heterocycles. The zero-order valence-corrected chi connectivity index (χ0v) is 19.4. The number of pyridine rings is 1. The first kappa shape index (κ1) is 23.6. The van der Waals surface area contributed by atoms with Crippen molar-refractivity contribution in [2.45, 2.75) is 20.4 Å². The molecule has 0 spiro atoms. The number of ether oxygens (including phenoxy) is 3. The van der Waals surface area contributed by atoms with Gasteiger partial charge in [-0.15, -0.1) is 0 Å². The van der Waals surface area contributed by atoms with Gasteiger partial charge in [0.1, 0.15) is 0 Å². The Morgan fingerprint density at radius 3 is 2.15 bits per heavy atom. The van der Waals surface area contributed by atoms with Crippen molar-refractivity contribution in [3.8, 4) is 17.2 Å². The van der Waals surface area contributed by atoms with Crippen molar-refractivity contribution < 1.29 is 19.0 Å². The lowest BCUT2D eigenvalue weighted by atomic mass is 10.1. The van der Waals surface area contributed by atoms with E-state index < -0.39 is 0 Å². The van der Waals surface area contributed by atoms with Gasteiger partial charge in [-0.3, -0.25) is 15.1 Å². The van der Waals surface area contributed by atoms with Gasteiger partial charge in [-0.25, -0.2) is 4.99 Å². The van der Waals surface area contributed by atoms with Gasteiger partial charge in [-0.1, -0.05) is 6.07 Å². The maximum atomic E-state index is 13.0. The summed E-state index contributed by atoms with van der Waals surface area (Å²) in [6.07, 6.45) is 3.40. The highest BCUT2D eigenvalue weighted by molar-refractivity contribution is 6.10. The van der Waals surface area contributed by atoms with E-state index in [1.54, 1.807) is 51.9 Å². The van der Waals surface area contributed by atoms with Gasteiger partial charge in [0, 0.05) is 35.8 Å². The quantitative estimate of drug-likeness (QED) is 0.417. The number of nitrogens with one attached hydrogen (secondary N) is 2. The highest BCUT2D eigenvalue weighted by atomic mass is 16.5. The monoisotopic (exact) mass is 448 g/mol. The van der Waals surface area contributed by atoms with E-state index in [-0.39, 0.29) is 11.9 Å². The van der Waals surface area contributed by atoms with Crippen molar-refractivity contribution in [3.63, 3.8) is 0 Å². The van der Waals surface area contributed by atoms with Crippen molar-refractivity contribution in [3.05, 3.63) is 77.1 Å². The summed E-state index contributed by atoms with van der Waals surface area (Å²) in [5.74, 6) is 1.44. The summed E-state index contributed by atoms with van der Waals surface area (Å²) in [6, 6.07) is 12.8. The van der Waals surface area contributed by atoms with Crippen molar-refractivity contribution in [2.75, 3.05) is 26.6 Å². The first-order chi connectivity index (χ1) is 15.9. The van der Waals surface area contributed by atoms with Gasteiger partial charge in [0.15, 0.2) is 11.5 Å². The van der Waals surface area contributed by atoms with Crippen LogP contribution in [0.4, 0.5) is 5.69 Å². The molecule has 0 saturated carbocycles. The Kier molecular flexibility index (Phi) is 7.86. The lowest BCUT2D eigenvalue weighted by Crippen LogP contribution is -2.36. The van der Waals surface area contributed by atoms with Crippen LogP contribution in [0.2, 0.25) is 0 Å². The number of carbonyl (C=O) groups excluding carboxylic acids is 1. The number of aryl methyl sites for hydroxylation is 2. The molecule has 172 valence electrons. The number of nitrogens with zero attached hydrogens (tertiary/aromatic N) is 2. The van der Waals surface area contributed by atoms with Crippen molar-refractivity contribution in [1.29, 1.82) is 0 Å². The molecule has 0 bridgehead atoms. The lowest BCUT2D eigenvalue weighted by molar-refractivity contribution is 0.0977. The smallest absolute Gasteiger partial charge is 0.257 e. The Morgan fingerprint density at radius 1 is 0.909 bits per heavy atom. The Morgan fingerprint density at radius 2 is 1.58 bits per heavy atom. The van der Waals surface area contributed by atoms with Crippen LogP contribution in [0.25, 0.3) is 0 Å². The average Bonchev–Trinajstić information content (AvgIpc) is 2.84. The maximum absolute atomic E-state index is 13.0. The Hall–Kier alpha value is -4.07. The largest absolute Gasteiger partial charge is 0.493 e. The molecule has 0 unspecified atom stereocenters. The number of rotatable bonds is 7. The minimum atomic E-state index is -0.272. The predicted octanol–water partition coefficient (Wildman–Crippen LogP) is 4.12.